The van der Waals surface area contributed by atoms with Gasteiger partial charge in [0, 0.05) is 7.05 Å². The maximum Gasteiger partial charge on any atom is 0.320 e. The highest BCUT2D eigenvalue weighted by molar-refractivity contribution is 5.82. The Morgan fingerprint density at radius 1 is 1.86 bits per heavy atom. The van der Waals surface area contributed by atoms with Crippen LogP contribution in [0.25, 0.3) is 0 Å². The van der Waals surface area contributed by atoms with Gasteiger partial charge >= 0.3 is 6.03 Å². The van der Waals surface area contributed by atoms with Crippen molar-refractivity contribution in [2.75, 3.05) is 7.05 Å². The van der Waals surface area contributed by atoms with Crippen LogP contribution in [0.4, 0.5) is 4.79 Å². The standard InChI is InChI=1S/C3H6N2O2/c1-5(2-6)3(4)7/h2H,1H3,(H2,4,7). The van der Waals surface area contributed by atoms with E-state index in [4.69, 9.17) is 0 Å². The predicted molar refractivity (Wildman–Crippen MR) is 23.4 cm³/mol. The van der Waals surface area contributed by atoms with Gasteiger partial charge in [-0.15, -0.1) is 0 Å². The van der Waals surface area contributed by atoms with Crippen molar-refractivity contribution >= 4 is 12.4 Å². The minimum Gasteiger partial charge on any atom is -0.351 e. The van der Waals surface area contributed by atoms with Gasteiger partial charge in [0.15, 0.2) is 0 Å². The Morgan fingerprint density at radius 3 is 2.29 bits per heavy atom. The molecule has 40 valence electrons. The molecule has 0 heterocycles. The van der Waals surface area contributed by atoms with Gasteiger partial charge in [-0.25, -0.2) is 4.79 Å². The molecule has 0 radical (unpaired) electrons. The van der Waals surface area contributed by atoms with E-state index in [1.807, 2.05) is 0 Å². The van der Waals surface area contributed by atoms with Crippen LogP contribution in [0.2, 0.25) is 0 Å². The number of hydrogen-bond donors (Lipinski definition) is 1. The van der Waals surface area contributed by atoms with Crippen molar-refractivity contribution in [2.24, 2.45) is 5.73 Å². The maximum atomic E-state index is 9.85. The molecule has 0 spiro atoms. The molecule has 0 saturated heterocycles. The fraction of sp³-hybridized carbons (Fsp3) is 0.333. The van der Waals surface area contributed by atoms with Crippen LogP contribution < -0.4 is 5.73 Å². The second kappa shape index (κ2) is 2.17. The van der Waals surface area contributed by atoms with E-state index in [1.54, 1.807) is 0 Å². The SMILES string of the molecule is CN(C=O)C(N)=O. The van der Waals surface area contributed by atoms with E-state index in [0.717, 1.165) is 4.90 Å². The van der Waals surface area contributed by atoms with Gasteiger partial charge < -0.3 is 5.73 Å². The fourth-order valence-electron chi connectivity index (χ4n) is 0.0519. The van der Waals surface area contributed by atoms with Crippen molar-refractivity contribution < 1.29 is 9.59 Å². The van der Waals surface area contributed by atoms with E-state index >= 15 is 0 Å². The largest absolute Gasteiger partial charge is 0.351 e. The van der Waals surface area contributed by atoms with Crippen molar-refractivity contribution in [1.29, 1.82) is 0 Å². The summed E-state index contributed by atoms with van der Waals surface area (Å²) in [7, 11) is 1.29. The van der Waals surface area contributed by atoms with Crippen molar-refractivity contribution in [3.63, 3.8) is 0 Å². The van der Waals surface area contributed by atoms with E-state index in [9.17, 15) is 9.59 Å². The molecule has 0 aliphatic heterocycles. The van der Waals surface area contributed by atoms with Gasteiger partial charge in [-0.3, -0.25) is 9.69 Å². The molecule has 0 bridgehead atoms. The highest BCUT2D eigenvalue weighted by Gasteiger charge is 1.95. The molecule has 4 nitrogen and oxygen atoms in total. The van der Waals surface area contributed by atoms with Gasteiger partial charge in [0.25, 0.3) is 0 Å². The number of carbonyl (C=O) groups is 2. The summed E-state index contributed by atoms with van der Waals surface area (Å²) < 4.78 is 0. The van der Waals surface area contributed by atoms with Crippen LogP contribution in [0.3, 0.4) is 0 Å². The Hall–Kier alpha value is -1.06. The van der Waals surface area contributed by atoms with E-state index < -0.39 is 6.03 Å². The molecule has 0 aliphatic carbocycles. The predicted octanol–water partition coefficient (Wildman–Crippen LogP) is -0.847. The van der Waals surface area contributed by atoms with E-state index in [-0.39, 0.29) is 0 Å². The van der Waals surface area contributed by atoms with Crippen LogP contribution in [0, 0.1) is 0 Å². The summed E-state index contributed by atoms with van der Waals surface area (Å²) in [5.41, 5.74) is 4.60. The fourth-order valence-corrected chi connectivity index (χ4v) is 0.0519. The first-order valence-corrected chi connectivity index (χ1v) is 1.66. The Labute approximate surface area is 40.9 Å². The second-order valence-corrected chi connectivity index (χ2v) is 1.05. The topological polar surface area (TPSA) is 63.4 Å². The van der Waals surface area contributed by atoms with Gasteiger partial charge in [0.1, 0.15) is 0 Å². The number of urea groups is 1. The summed E-state index contributed by atoms with van der Waals surface area (Å²) in [5.74, 6) is 0. The van der Waals surface area contributed by atoms with Crippen LogP contribution in [0.15, 0.2) is 0 Å². The monoisotopic (exact) mass is 102 g/mol. The number of nitrogens with two attached hydrogens (primary N) is 1. The number of carbonyl (C=O) groups excluding carboxylic acids is 2. The smallest absolute Gasteiger partial charge is 0.320 e. The lowest BCUT2D eigenvalue weighted by Gasteiger charge is -1.99. The lowest BCUT2D eigenvalue weighted by Crippen LogP contribution is -2.30. The van der Waals surface area contributed by atoms with Crippen LogP contribution in [0.5, 0.6) is 0 Å². The number of amides is 3. The molecule has 0 aromatic carbocycles. The van der Waals surface area contributed by atoms with E-state index in [0.29, 0.717) is 6.41 Å². The number of imide groups is 1. The summed E-state index contributed by atoms with van der Waals surface area (Å²) >= 11 is 0. The molecule has 4 heteroatoms. The second-order valence-electron chi connectivity index (χ2n) is 1.05. The first-order chi connectivity index (χ1) is 3.18. The minimum absolute atomic E-state index is 0.350. The summed E-state index contributed by atoms with van der Waals surface area (Å²) in [6, 6.07) is -0.741. The summed E-state index contributed by atoms with van der Waals surface area (Å²) in [4.78, 5) is 20.2. The Balaban J connectivity index is 3.55. The third kappa shape index (κ3) is 1.75. The molecule has 0 aromatic rings. The molecule has 7 heavy (non-hydrogen) atoms. The highest BCUT2D eigenvalue weighted by atomic mass is 16.2. The van der Waals surface area contributed by atoms with E-state index in [2.05, 4.69) is 5.73 Å². The minimum atomic E-state index is -0.741. The van der Waals surface area contributed by atoms with Crippen molar-refractivity contribution in [1.82, 2.24) is 4.90 Å². The average molecular weight is 102 g/mol. The Bertz CT molecular complexity index is 90.9. The van der Waals surface area contributed by atoms with Gasteiger partial charge in [-0.1, -0.05) is 0 Å². The normalized spacial score (nSPS) is 7.57. The molecule has 0 atom stereocenters. The molecule has 0 fully saturated rings. The molecule has 0 aliphatic rings. The van der Waals surface area contributed by atoms with Crippen LogP contribution >= 0.6 is 0 Å². The molecule has 0 saturated carbocycles. The van der Waals surface area contributed by atoms with Gasteiger partial charge in [0.2, 0.25) is 6.41 Å². The van der Waals surface area contributed by atoms with Crippen molar-refractivity contribution in [3.05, 3.63) is 0 Å². The van der Waals surface area contributed by atoms with Crippen LogP contribution in [-0.4, -0.2) is 24.4 Å². The van der Waals surface area contributed by atoms with Gasteiger partial charge in [0.05, 0.1) is 0 Å². The summed E-state index contributed by atoms with van der Waals surface area (Å²) in [6.07, 6.45) is 0.350. The Morgan fingerprint density at radius 2 is 2.29 bits per heavy atom. The van der Waals surface area contributed by atoms with Gasteiger partial charge in [-0.05, 0) is 0 Å². The first-order valence-electron chi connectivity index (χ1n) is 1.66. The Kier molecular flexibility index (Phi) is 1.84. The number of rotatable bonds is 1. The zero-order valence-electron chi connectivity index (χ0n) is 3.92. The molecule has 3 amide bonds. The summed E-state index contributed by atoms with van der Waals surface area (Å²) in [6.45, 7) is 0. The lowest BCUT2D eigenvalue weighted by atomic mass is 10.9. The molecular formula is C3H6N2O2. The molecule has 0 rings (SSSR count). The van der Waals surface area contributed by atoms with Crippen molar-refractivity contribution in [3.8, 4) is 0 Å². The van der Waals surface area contributed by atoms with E-state index in [1.165, 1.54) is 7.05 Å². The van der Waals surface area contributed by atoms with Crippen LogP contribution in [0.1, 0.15) is 0 Å². The third-order valence-electron chi connectivity index (χ3n) is 0.506. The number of nitrogens with zero attached hydrogens (tertiary/aromatic N) is 1. The molecular weight excluding hydrogens is 96.0 g/mol. The molecule has 2 N–H and O–H groups in total. The maximum absolute atomic E-state index is 9.85. The van der Waals surface area contributed by atoms with Crippen LogP contribution in [-0.2, 0) is 4.79 Å². The highest BCUT2D eigenvalue weighted by Crippen LogP contribution is 1.68. The zero-order valence-corrected chi connectivity index (χ0v) is 3.92. The quantitative estimate of drug-likeness (QED) is 0.438. The molecule has 0 aromatic heterocycles. The number of hydrogen-bond acceptors (Lipinski definition) is 2. The number of primary amides is 1. The zero-order chi connectivity index (χ0) is 5.86. The first kappa shape index (κ1) is 5.94. The lowest BCUT2D eigenvalue weighted by molar-refractivity contribution is -0.114. The third-order valence-corrected chi connectivity index (χ3v) is 0.506. The van der Waals surface area contributed by atoms with Gasteiger partial charge in [-0.2, -0.15) is 0 Å². The summed E-state index contributed by atoms with van der Waals surface area (Å²) in [5, 5.41) is 0. The molecule has 0 unspecified atom stereocenters. The van der Waals surface area contributed by atoms with Crippen molar-refractivity contribution in [2.45, 2.75) is 0 Å². The average Bonchev–Trinajstić information content (AvgIpc) is 1.65.